The molecule has 0 aromatic heterocycles. The summed E-state index contributed by atoms with van der Waals surface area (Å²) in [6.07, 6.45) is 0.744. The van der Waals surface area contributed by atoms with Crippen molar-refractivity contribution in [3.63, 3.8) is 0 Å². The van der Waals surface area contributed by atoms with Gasteiger partial charge in [0.2, 0.25) is 0 Å². The van der Waals surface area contributed by atoms with Crippen LogP contribution in [0.2, 0.25) is 0 Å². The van der Waals surface area contributed by atoms with E-state index in [2.05, 4.69) is 0 Å². The minimum absolute atomic E-state index is 0.148. The average molecular weight is 202 g/mol. The van der Waals surface area contributed by atoms with Gasteiger partial charge in [-0.05, 0) is 0 Å². The lowest BCUT2D eigenvalue weighted by Crippen LogP contribution is -2.52. The van der Waals surface area contributed by atoms with Crippen LogP contribution in [0.25, 0.3) is 0 Å². The Bertz CT molecular complexity index is 211. The normalized spacial score (nSPS) is 18.1. The fourth-order valence-electron chi connectivity index (χ4n) is 1.13. The van der Waals surface area contributed by atoms with Crippen LogP contribution < -0.4 is 0 Å². The van der Waals surface area contributed by atoms with Crippen molar-refractivity contribution in [1.29, 1.82) is 0 Å². The molecular weight excluding hydrogens is 188 g/mol. The number of carbonyl (C=O) groups excluding carboxylic acids is 2. The molecule has 0 N–H and O–H groups in total. The highest BCUT2D eigenvalue weighted by Crippen LogP contribution is 2.27. The molecule has 0 atom stereocenters. The molecule has 1 fully saturated rings. The second-order valence-electron chi connectivity index (χ2n) is 3.34. The molecule has 5 heteroatoms. The van der Waals surface area contributed by atoms with Crippen molar-refractivity contribution in [2.45, 2.75) is 25.9 Å². The van der Waals surface area contributed by atoms with Crippen LogP contribution in [0.4, 0.5) is 0 Å². The maximum atomic E-state index is 10.6. The minimum Gasteiger partial charge on any atom is -0.463 e. The van der Waals surface area contributed by atoms with Gasteiger partial charge in [0, 0.05) is 20.3 Å². The van der Waals surface area contributed by atoms with Gasteiger partial charge in [0.05, 0.1) is 6.61 Å². The lowest BCUT2D eigenvalue weighted by molar-refractivity contribution is -0.209. The first-order valence-electron chi connectivity index (χ1n) is 4.45. The summed E-state index contributed by atoms with van der Waals surface area (Å²) in [5.41, 5.74) is -0.600. The van der Waals surface area contributed by atoms with E-state index in [0.29, 0.717) is 6.61 Å². The molecule has 1 aliphatic rings. The topological polar surface area (TPSA) is 61.8 Å². The third kappa shape index (κ3) is 2.99. The minimum atomic E-state index is -0.600. The number of carbonyl (C=O) groups is 2. The largest absolute Gasteiger partial charge is 0.463 e. The summed E-state index contributed by atoms with van der Waals surface area (Å²) in [4.78, 5) is 21.2. The van der Waals surface area contributed by atoms with E-state index in [1.807, 2.05) is 0 Å². The molecule has 14 heavy (non-hydrogen) atoms. The van der Waals surface area contributed by atoms with Crippen LogP contribution in [0.15, 0.2) is 0 Å². The molecular formula is C9H14O5. The van der Waals surface area contributed by atoms with Crippen LogP contribution in [0.3, 0.4) is 0 Å². The Labute approximate surface area is 82.3 Å². The second kappa shape index (κ2) is 4.41. The van der Waals surface area contributed by atoms with Gasteiger partial charge in [0.1, 0.15) is 18.8 Å². The van der Waals surface area contributed by atoms with E-state index < -0.39 is 5.60 Å². The van der Waals surface area contributed by atoms with Crippen LogP contribution in [-0.2, 0) is 23.8 Å². The van der Waals surface area contributed by atoms with E-state index >= 15 is 0 Å². The Morgan fingerprint density at radius 2 is 1.64 bits per heavy atom. The summed E-state index contributed by atoms with van der Waals surface area (Å²) >= 11 is 0. The Kier molecular flexibility index (Phi) is 3.46. The monoisotopic (exact) mass is 202 g/mol. The number of rotatable bonds is 4. The van der Waals surface area contributed by atoms with E-state index in [-0.39, 0.29) is 25.2 Å². The van der Waals surface area contributed by atoms with Gasteiger partial charge >= 0.3 is 11.9 Å². The first kappa shape index (κ1) is 11.0. The number of esters is 2. The van der Waals surface area contributed by atoms with Crippen molar-refractivity contribution < 1.29 is 23.8 Å². The van der Waals surface area contributed by atoms with Crippen LogP contribution in [-0.4, -0.2) is 37.4 Å². The summed E-state index contributed by atoms with van der Waals surface area (Å²) in [7, 11) is 0. The second-order valence-corrected chi connectivity index (χ2v) is 3.34. The summed E-state index contributed by atoms with van der Waals surface area (Å²) in [6.45, 7) is 3.57. The summed E-state index contributed by atoms with van der Waals surface area (Å²) in [5, 5.41) is 0. The third-order valence-corrected chi connectivity index (χ3v) is 2.04. The molecule has 0 saturated carbocycles. The fourth-order valence-corrected chi connectivity index (χ4v) is 1.13. The number of ether oxygens (including phenoxy) is 3. The van der Waals surface area contributed by atoms with E-state index in [0.717, 1.165) is 6.42 Å². The maximum Gasteiger partial charge on any atom is 0.302 e. The summed E-state index contributed by atoms with van der Waals surface area (Å²) in [6, 6.07) is 0. The molecule has 0 aliphatic carbocycles. The molecule has 1 heterocycles. The standard InChI is InChI=1S/C9H14O5/c1-7(10)12-5-9(3-4-14-9)6-13-8(2)11/h3-6H2,1-2H3. The smallest absolute Gasteiger partial charge is 0.302 e. The van der Waals surface area contributed by atoms with Crippen LogP contribution in [0.1, 0.15) is 20.3 Å². The van der Waals surface area contributed by atoms with Gasteiger partial charge in [0.15, 0.2) is 0 Å². The lowest BCUT2D eigenvalue weighted by atomic mass is 9.97. The molecule has 0 unspecified atom stereocenters. The van der Waals surface area contributed by atoms with Crippen LogP contribution in [0.5, 0.6) is 0 Å². The van der Waals surface area contributed by atoms with E-state index in [9.17, 15) is 9.59 Å². The lowest BCUT2D eigenvalue weighted by Gasteiger charge is -2.40. The molecule has 1 saturated heterocycles. The highest BCUT2D eigenvalue weighted by Gasteiger charge is 2.41. The molecule has 0 aromatic carbocycles. The van der Waals surface area contributed by atoms with Crippen molar-refractivity contribution in [2.24, 2.45) is 0 Å². The van der Waals surface area contributed by atoms with Gasteiger partial charge in [-0.15, -0.1) is 0 Å². The Hall–Kier alpha value is -1.10. The summed E-state index contributed by atoms with van der Waals surface area (Å²) in [5.74, 6) is -0.717. The highest BCUT2D eigenvalue weighted by molar-refractivity contribution is 5.66. The van der Waals surface area contributed by atoms with Crippen molar-refractivity contribution in [2.75, 3.05) is 19.8 Å². The predicted molar refractivity (Wildman–Crippen MR) is 46.6 cm³/mol. The molecule has 0 amide bonds. The summed E-state index contributed by atoms with van der Waals surface area (Å²) < 4.78 is 14.9. The number of hydrogen-bond acceptors (Lipinski definition) is 5. The van der Waals surface area contributed by atoms with Gasteiger partial charge in [0.25, 0.3) is 0 Å². The molecule has 0 spiro atoms. The molecule has 0 bridgehead atoms. The Morgan fingerprint density at radius 3 is 1.86 bits per heavy atom. The van der Waals surface area contributed by atoms with Crippen molar-refractivity contribution in [1.82, 2.24) is 0 Å². The predicted octanol–water partition coefficient (Wildman–Crippen LogP) is 0.272. The molecule has 1 rings (SSSR count). The fraction of sp³-hybridized carbons (Fsp3) is 0.778. The quantitative estimate of drug-likeness (QED) is 0.612. The van der Waals surface area contributed by atoms with Gasteiger partial charge in [-0.2, -0.15) is 0 Å². The average Bonchev–Trinajstić information content (AvgIpc) is 2.01. The van der Waals surface area contributed by atoms with Crippen LogP contribution >= 0.6 is 0 Å². The zero-order valence-corrected chi connectivity index (χ0v) is 8.37. The van der Waals surface area contributed by atoms with Crippen molar-refractivity contribution >= 4 is 11.9 Å². The molecule has 0 radical (unpaired) electrons. The van der Waals surface area contributed by atoms with E-state index in [1.54, 1.807) is 0 Å². The zero-order valence-electron chi connectivity index (χ0n) is 8.37. The first-order valence-corrected chi connectivity index (χ1v) is 4.45. The van der Waals surface area contributed by atoms with Gasteiger partial charge < -0.3 is 14.2 Å². The number of hydrogen-bond donors (Lipinski definition) is 0. The SMILES string of the molecule is CC(=O)OCC1(COC(C)=O)CCO1. The van der Waals surface area contributed by atoms with Gasteiger partial charge in [-0.1, -0.05) is 0 Å². The third-order valence-electron chi connectivity index (χ3n) is 2.04. The highest BCUT2D eigenvalue weighted by atomic mass is 16.6. The van der Waals surface area contributed by atoms with E-state index in [4.69, 9.17) is 14.2 Å². The van der Waals surface area contributed by atoms with Crippen molar-refractivity contribution in [3.8, 4) is 0 Å². The Balaban J connectivity index is 2.33. The zero-order chi connectivity index (χ0) is 10.6. The van der Waals surface area contributed by atoms with Crippen LogP contribution in [0, 0.1) is 0 Å². The molecule has 5 nitrogen and oxygen atoms in total. The van der Waals surface area contributed by atoms with Gasteiger partial charge in [-0.25, -0.2) is 0 Å². The van der Waals surface area contributed by atoms with E-state index in [1.165, 1.54) is 13.8 Å². The Morgan fingerprint density at radius 1 is 1.21 bits per heavy atom. The van der Waals surface area contributed by atoms with Crippen molar-refractivity contribution in [3.05, 3.63) is 0 Å². The maximum absolute atomic E-state index is 10.6. The molecule has 80 valence electrons. The molecule has 0 aromatic rings. The molecule has 1 aliphatic heterocycles. The van der Waals surface area contributed by atoms with Gasteiger partial charge in [-0.3, -0.25) is 9.59 Å². The first-order chi connectivity index (χ1) is 6.54.